The minimum atomic E-state index is 0.659. The fourth-order valence-corrected chi connectivity index (χ4v) is 1.90. The summed E-state index contributed by atoms with van der Waals surface area (Å²) in [5, 5.41) is 0. The molecule has 4 nitrogen and oxygen atoms in total. The Labute approximate surface area is 103 Å². The van der Waals surface area contributed by atoms with E-state index in [1.54, 1.807) is 10.9 Å². The topological polar surface area (TPSA) is 46.5 Å². The molecule has 84 valence electrons. The average molecular weight is 242 g/mol. The third-order valence-electron chi connectivity index (χ3n) is 2.62. The molecule has 2 aromatic heterocycles. The summed E-state index contributed by atoms with van der Waals surface area (Å²) in [6.07, 6.45) is 1.68. The van der Waals surface area contributed by atoms with Gasteiger partial charge in [-0.05, 0) is 0 Å². The maximum absolute atomic E-state index is 5.31. The van der Waals surface area contributed by atoms with Crippen molar-refractivity contribution < 1.29 is 0 Å². The number of benzene rings is 1. The van der Waals surface area contributed by atoms with E-state index in [-0.39, 0.29) is 0 Å². The Hall–Kier alpha value is -2.01. The highest BCUT2D eigenvalue weighted by molar-refractivity contribution is 7.71. The predicted molar refractivity (Wildman–Crippen MR) is 69.1 cm³/mol. The van der Waals surface area contributed by atoms with Gasteiger partial charge in [-0.2, -0.15) is 0 Å². The van der Waals surface area contributed by atoms with Crippen LogP contribution in [0.2, 0.25) is 0 Å². The van der Waals surface area contributed by atoms with Gasteiger partial charge in [-0.3, -0.25) is 0 Å². The lowest BCUT2D eigenvalue weighted by Crippen LogP contribution is -1.93. The molecule has 0 bridgehead atoms. The molecule has 2 heterocycles. The van der Waals surface area contributed by atoms with E-state index >= 15 is 0 Å². The van der Waals surface area contributed by atoms with Crippen molar-refractivity contribution in [2.75, 3.05) is 0 Å². The lowest BCUT2D eigenvalue weighted by molar-refractivity contribution is 0.863. The maximum atomic E-state index is 5.31. The summed E-state index contributed by atoms with van der Waals surface area (Å²) in [5.41, 5.74) is 2.50. The van der Waals surface area contributed by atoms with Gasteiger partial charge in [0.05, 0.1) is 6.33 Å². The molecular formula is C12H10N4S. The van der Waals surface area contributed by atoms with E-state index in [9.17, 15) is 0 Å². The molecular weight excluding hydrogens is 232 g/mol. The van der Waals surface area contributed by atoms with E-state index in [2.05, 4.69) is 15.0 Å². The van der Waals surface area contributed by atoms with Gasteiger partial charge in [0.15, 0.2) is 5.65 Å². The highest BCUT2D eigenvalue weighted by atomic mass is 32.1. The van der Waals surface area contributed by atoms with Crippen molar-refractivity contribution in [3.05, 3.63) is 41.3 Å². The molecule has 0 saturated carbocycles. The third-order valence-corrected chi connectivity index (χ3v) is 3.11. The van der Waals surface area contributed by atoms with Crippen LogP contribution < -0.4 is 0 Å². The summed E-state index contributed by atoms with van der Waals surface area (Å²) < 4.78 is 2.51. The summed E-state index contributed by atoms with van der Waals surface area (Å²) in [4.78, 5) is 11.9. The zero-order valence-corrected chi connectivity index (χ0v) is 10.0. The molecule has 0 amide bonds. The SMILES string of the molecule is Cn1cnc2nc(-c3ccccc3)[nH]c2c1=S. The van der Waals surface area contributed by atoms with Crippen molar-refractivity contribution in [1.82, 2.24) is 19.5 Å². The molecule has 1 N–H and O–H groups in total. The number of hydrogen-bond acceptors (Lipinski definition) is 3. The number of imidazole rings is 1. The van der Waals surface area contributed by atoms with Crippen LogP contribution in [-0.2, 0) is 7.05 Å². The summed E-state index contributed by atoms with van der Waals surface area (Å²) in [7, 11) is 1.87. The Kier molecular flexibility index (Phi) is 2.26. The first-order valence-electron chi connectivity index (χ1n) is 5.22. The summed E-state index contributed by atoms with van der Waals surface area (Å²) in [6.45, 7) is 0. The monoisotopic (exact) mass is 242 g/mol. The smallest absolute Gasteiger partial charge is 0.182 e. The van der Waals surface area contributed by atoms with Crippen LogP contribution in [0.3, 0.4) is 0 Å². The van der Waals surface area contributed by atoms with Crippen molar-refractivity contribution in [2.45, 2.75) is 0 Å². The molecule has 3 aromatic rings. The number of hydrogen-bond donors (Lipinski definition) is 1. The summed E-state index contributed by atoms with van der Waals surface area (Å²) in [6, 6.07) is 9.93. The fourth-order valence-electron chi connectivity index (χ4n) is 1.71. The maximum Gasteiger partial charge on any atom is 0.182 e. The number of H-pyrrole nitrogens is 1. The number of nitrogens with one attached hydrogen (secondary N) is 1. The van der Waals surface area contributed by atoms with Gasteiger partial charge >= 0.3 is 0 Å². The second-order valence-corrected chi connectivity index (χ2v) is 4.20. The normalized spacial score (nSPS) is 10.9. The Morgan fingerprint density at radius 2 is 2.00 bits per heavy atom. The van der Waals surface area contributed by atoms with Crippen molar-refractivity contribution in [3.63, 3.8) is 0 Å². The molecule has 0 fully saturated rings. The van der Waals surface area contributed by atoms with Crippen molar-refractivity contribution in [3.8, 4) is 11.4 Å². The van der Waals surface area contributed by atoms with E-state index < -0.39 is 0 Å². The van der Waals surface area contributed by atoms with E-state index in [4.69, 9.17) is 12.2 Å². The lowest BCUT2D eigenvalue weighted by atomic mass is 10.2. The number of fused-ring (bicyclic) bond motifs is 1. The molecule has 5 heteroatoms. The average Bonchev–Trinajstić information content (AvgIpc) is 2.80. The number of aromatic amines is 1. The van der Waals surface area contributed by atoms with Crippen LogP contribution in [0.5, 0.6) is 0 Å². The minimum Gasteiger partial charge on any atom is -0.334 e. The molecule has 0 spiro atoms. The largest absolute Gasteiger partial charge is 0.334 e. The Balaban J connectivity index is 2.28. The van der Waals surface area contributed by atoms with Crippen molar-refractivity contribution in [1.29, 1.82) is 0 Å². The van der Waals surface area contributed by atoms with E-state index in [0.717, 1.165) is 16.9 Å². The highest BCUT2D eigenvalue weighted by Gasteiger charge is 2.07. The molecule has 1 aromatic carbocycles. The van der Waals surface area contributed by atoms with E-state index in [1.807, 2.05) is 37.4 Å². The van der Waals surface area contributed by atoms with Crippen molar-refractivity contribution in [2.24, 2.45) is 7.05 Å². The Morgan fingerprint density at radius 3 is 2.76 bits per heavy atom. The van der Waals surface area contributed by atoms with Gasteiger partial charge in [-0.15, -0.1) is 0 Å². The van der Waals surface area contributed by atoms with Gasteiger partial charge in [0.1, 0.15) is 16.0 Å². The highest BCUT2D eigenvalue weighted by Crippen LogP contribution is 2.19. The molecule has 0 aliphatic rings. The van der Waals surface area contributed by atoms with Crippen LogP contribution in [0.1, 0.15) is 0 Å². The molecule has 0 unspecified atom stereocenters. The van der Waals surface area contributed by atoms with Crippen LogP contribution in [0.25, 0.3) is 22.6 Å². The number of nitrogens with zero attached hydrogens (tertiary/aromatic N) is 3. The van der Waals surface area contributed by atoms with Gasteiger partial charge in [-0.25, -0.2) is 9.97 Å². The van der Waals surface area contributed by atoms with Gasteiger partial charge in [0.2, 0.25) is 0 Å². The van der Waals surface area contributed by atoms with E-state index in [0.29, 0.717) is 10.3 Å². The van der Waals surface area contributed by atoms with Crippen LogP contribution >= 0.6 is 12.2 Å². The molecule has 3 rings (SSSR count). The Bertz CT molecular complexity index is 727. The fraction of sp³-hybridized carbons (Fsp3) is 0.0833. The van der Waals surface area contributed by atoms with Gasteiger partial charge in [0, 0.05) is 12.6 Å². The van der Waals surface area contributed by atoms with E-state index in [1.165, 1.54) is 0 Å². The molecule has 0 atom stereocenters. The molecule has 0 radical (unpaired) electrons. The molecule has 0 saturated heterocycles. The lowest BCUT2D eigenvalue weighted by Gasteiger charge is -1.95. The standard InChI is InChI=1S/C12H10N4S/c1-16-7-13-11-9(12(16)17)14-10(15-11)8-5-3-2-4-6-8/h2-7H,1H3,(H,14,15). The second kappa shape index (κ2) is 3.78. The van der Waals surface area contributed by atoms with Crippen molar-refractivity contribution >= 4 is 23.4 Å². The first-order chi connectivity index (χ1) is 8.25. The zero-order chi connectivity index (χ0) is 11.8. The predicted octanol–water partition coefficient (Wildman–Crippen LogP) is 2.69. The first kappa shape index (κ1) is 10.2. The van der Waals surface area contributed by atoms with Crippen LogP contribution in [0.15, 0.2) is 36.7 Å². The van der Waals surface area contributed by atoms with Gasteiger partial charge in [0.25, 0.3) is 0 Å². The second-order valence-electron chi connectivity index (χ2n) is 3.81. The number of aryl methyl sites for hydroxylation is 1. The summed E-state index contributed by atoms with van der Waals surface area (Å²) in [5.74, 6) is 0.797. The van der Waals surface area contributed by atoms with Crippen LogP contribution in [0.4, 0.5) is 0 Å². The quantitative estimate of drug-likeness (QED) is 0.667. The molecule has 17 heavy (non-hydrogen) atoms. The van der Waals surface area contributed by atoms with Gasteiger partial charge in [-0.1, -0.05) is 42.5 Å². The molecule has 0 aliphatic carbocycles. The minimum absolute atomic E-state index is 0.659. The van der Waals surface area contributed by atoms with Gasteiger partial charge < -0.3 is 9.55 Å². The third kappa shape index (κ3) is 1.64. The number of aromatic nitrogens is 4. The number of rotatable bonds is 1. The van der Waals surface area contributed by atoms with Crippen LogP contribution in [0, 0.1) is 4.64 Å². The first-order valence-corrected chi connectivity index (χ1v) is 5.63. The zero-order valence-electron chi connectivity index (χ0n) is 9.21. The summed E-state index contributed by atoms with van der Waals surface area (Å²) >= 11 is 5.31. The Morgan fingerprint density at radius 1 is 1.24 bits per heavy atom. The van der Waals surface area contributed by atoms with Crippen LogP contribution in [-0.4, -0.2) is 19.5 Å². The molecule has 0 aliphatic heterocycles.